The van der Waals surface area contributed by atoms with Crippen LogP contribution in [0, 0.1) is 0 Å². The Kier molecular flexibility index (Phi) is 10.3. The molecule has 2 N–H and O–H groups in total. The molecule has 0 fully saturated rings. The number of aromatic nitrogens is 2. The van der Waals surface area contributed by atoms with Crippen molar-refractivity contribution in [1.29, 1.82) is 0 Å². The normalized spacial score (nSPS) is 11.1. The number of nitrogens with zero attached hydrogens (tertiary/aromatic N) is 3. The van der Waals surface area contributed by atoms with Gasteiger partial charge in [0.15, 0.2) is 5.96 Å². The van der Waals surface area contributed by atoms with E-state index < -0.39 is 0 Å². The third kappa shape index (κ3) is 8.28. The molecule has 0 unspecified atom stereocenters. The zero-order chi connectivity index (χ0) is 19.4. The average molecular weight is 509 g/mol. The molecular formula is C21H28IN5O2. The number of furan rings is 1. The van der Waals surface area contributed by atoms with Gasteiger partial charge in [0.25, 0.3) is 0 Å². The quantitative estimate of drug-likeness (QED) is 0.190. The van der Waals surface area contributed by atoms with E-state index in [1.165, 1.54) is 5.56 Å². The number of guanidine groups is 1. The van der Waals surface area contributed by atoms with Gasteiger partial charge in [0.1, 0.15) is 12.4 Å². The molecule has 2 heterocycles. The minimum Gasteiger partial charge on any atom is -0.467 e. The minimum atomic E-state index is 0. The number of nitrogens with one attached hydrogen (secondary N) is 2. The molecule has 0 saturated heterocycles. The first-order valence-corrected chi connectivity index (χ1v) is 9.43. The second kappa shape index (κ2) is 13.0. The third-order valence-corrected chi connectivity index (χ3v) is 4.14. The molecule has 0 aliphatic carbocycles. The topological polar surface area (TPSA) is 76.6 Å². The highest BCUT2D eigenvalue weighted by molar-refractivity contribution is 14.0. The summed E-state index contributed by atoms with van der Waals surface area (Å²) in [5.74, 6) is 1.61. The molecule has 2 aromatic heterocycles. The Morgan fingerprint density at radius 2 is 2.00 bits per heavy atom. The van der Waals surface area contributed by atoms with Crippen molar-refractivity contribution in [3.05, 3.63) is 78.0 Å². The van der Waals surface area contributed by atoms with Gasteiger partial charge in [-0.2, -0.15) is 5.10 Å². The summed E-state index contributed by atoms with van der Waals surface area (Å²) in [4.78, 5) is 4.25. The van der Waals surface area contributed by atoms with Gasteiger partial charge in [-0.3, -0.25) is 9.67 Å². The summed E-state index contributed by atoms with van der Waals surface area (Å²) < 4.78 is 12.7. The summed E-state index contributed by atoms with van der Waals surface area (Å²) in [5, 5.41) is 11.0. The molecular weight excluding hydrogens is 481 g/mol. The van der Waals surface area contributed by atoms with Crippen LogP contribution in [0.4, 0.5) is 0 Å². The lowest BCUT2D eigenvalue weighted by molar-refractivity contribution is 0.105. The van der Waals surface area contributed by atoms with Crippen LogP contribution < -0.4 is 10.6 Å². The van der Waals surface area contributed by atoms with E-state index in [0.717, 1.165) is 36.8 Å². The molecule has 7 nitrogen and oxygen atoms in total. The highest BCUT2D eigenvalue weighted by Crippen LogP contribution is 2.04. The molecule has 1 aromatic carbocycles. The van der Waals surface area contributed by atoms with Crippen LogP contribution >= 0.6 is 24.0 Å². The number of aliphatic imine (C=N–C) groups is 1. The van der Waals surface area contributed by atoms with Crippen LogP contribution in [0.5, 0.6) is 0 Å². The first-order valence-electron chi connectivity index (χ1n) is 9.43. The molecule has 0 bridgehead atoms. The number of halogens is 1. The van der Waals surface area contributed by atoms with Crippen LogP contribution in [0.1, 0.15) is 23.3 Å². The lowest BCUT2D eigenvalue weighted by atomic mass is 10.2. The maximum absolute atomic E-state index is 5.57. The Bertz CT molecular complexity index is 834. The van der Waals surface area contributed by atoms with E-state index in [1.54, 1.807) is 13.3 Å². The highest BCUT2D eigenvalue weighted by Gasteiger charge is 2.02. The fourth-order valence-corrected chi connectivity index (χ4v) is 2.71. The van der Waals surface area contributed by atoms with Crippen molar-refractivity contribution in [1.82, 2.24) is 20.4 Å². The maximum atomic E-state index is 5.57. The summed E-state index contributed by atoms with van der Waals surface area (Å²) in [7, 11) is 1.77. The zero-order valence-electron chi connectivity index (χ0n) is 16.6. The van der Waals surface area contributed by atoms with E-state index in [2.05, 4.69) is 39.1 Å². The van der Waals surface area contributed by atoms with Crippen LogP contribution in [0.3, 0.4) is 0 Å². The molecule has 8 heteroatoms. The van der Waals surface area contributed by atoms with Crippen molar-refractivity contribution in [2.75, 3.05) is 20.2 Å². The second-order valence-corrected chi connectivity index (χ2v) is 6.37. The smallest absolute Gasteiger partial charge is 0.191 e. The van der Waals surface area contributed by atoms with Gasteiger partial charge in [-0.05, 0) is 24.1 Å². The van der Waals surface area contributed by atoms with E-state index >= 15 is 0 Å². The van der Waals surface area contributed by atoms with Gasteiger partial charge in [0.2, 0.25) is 0 Å². The number of hydrogen-bond donors (Lipinski definition) is 2. The predicted molar refractivity (Wildman–Crippen MR) is 124 cm³/mol. The van der Waals surface area contributed by atoms with Crippen LogP contribution in [-0.4, -0.2) is 35.9 Å². The molecule has 0 aliphatic heterocycles. The van der Waals surface area contributed by atoms with Crippen molar-refractivity contribution >= 4 is 29.9 Å². The van der Waals surface area contributed by atoms with Crippen molar-refractivity contribution in [3.8, 4) is 0 Å². The largest absolute Gasteiger partial charge is 0.467 e. The number of benzene rings is 1. The molecule has 0 amide bonds. The number of hydrogen-bond acceptors (Lipinski definition) is 4. The fraction of sp³-hybridized carbons (Fsp3) is 0.333. The molecule has 156 valence electrons. The monoisotopic (exact) mass is 509 g/mol. The molecule has 0 aliphatic rings. The SMILES string of the molecule is CN=C(NCCCOCc1ccco1)NCc1cnn(Cc2ccccc2)c1.I. The molecule has 0 atom stereocenters. The molecule has 0 spiro atoms. The van der Waals surface area contributed by atoms with Gasteiger partial charge in [-0.15, -0.1) is 24.0 Å². The third-order valence-electron chi connectivity index (χ3n) is 4.14. The first-order chi connectivity index (χ1) is 13.8. The van der Waals surface area contributed by atoms with Crippen molar-refractivity contribution < 1.29 is 9.15 Å². The van der Waals surface area contributed by atoms with E-state index in [1.807, 2.05) is 41.2 Å². The highest BCUT2D eigenvalue weighted by atomic mass is 127. The van der Waals surface area contributed by atoms with E-state index in [4.69, 9.17) is 9.15 Å². The molecule has 0 radical (unpaired) electrons. The Labute approximate surface area is 188 Å². The van der Waals surface area contributed by atoms with Crippen molar-refractivity contribution in [3.63, 3.8) is 0 Å². The van der Waals surface area contributed by atoms with Gasteiger partial charge in [0, 0.05) is 38.5 Å². The van der Waals surface area contributed by atoms with E-state index in [0.29, 0.717) is 19.8 Å². The van der Waals surface area contributed by atoms with Crippen LogP contribution in [-0.2, 0) is 24.4 Å². The Balaban J connectivity index is 0.00000300. The second-order valence-electron chi connectivity index (χ2n) is 6.37. The van der Waals surface area contributed by atoms with E-state index in [9.17, 15) is 0 Å². The minimum absolute atomic E-state index is 0. The Hall–Kier alpha value is -2.33. The van der Waals surface area contributed by atoms with Gasteiger partial charge in [0.05, 0.1) is 19.0 Å². The summed E-state index contributed by atoms with van der Waals surface area (Å²) in [6.45, 7) is 3.39. The van der Waals surface area contributed by atoms with Crippen LogP contribution in [0.25, 0.3) is 0 Å². The predicted octanol–water partition coefficient (Wildman–Crippen LogP) is 3.41. The van der Waals surface area contributed by atoms with Gasteiger partial charge < -0.3 is 19.8 Å². The zero-order valence-corrected chi connectivity index (χ0v) is 18.9. The summed E-state index contributed by atoms with van der Waals surface area (Å²) in [6, 6.07) is 14.1. The number of ether oxygens (including phenoxy) is 1. The van der Waals surface area contributed by atoms with Crippen LogP contribution in [0.15, 0.2) is 70.5 Å². The maximum Gasteiger partial charge on any atom is 0.191 e. The molecule has 0 saturated carbocycles. The number of rotatable bonds is 10. The Morgan fingerprint density at radius 3 is 2.76 bits per heavy atom. The lowest BCUT2D eigenvalue weighted by Crippen LogP contribution is -2.37. The average Bonchev–Trinajstić information content (AvgIpc) is 3.40. The fourth-order valence-electron chi connectivity index (χ4n) is 2.71. The Morgan fingerprint density at radius 1 is 1.14 bits per heavy atom. The molecule has 29 heavy (non-hydrogen) atoms. The van der Waals surface area contributed by atoms with Crippen LogP contribution in [0.2, 0.25) is 0 Å². The molecule has 3 rings (SSSR count). The standard InChI is InChI=1S/C21H27N5O2.HI/c1-22-21(23-10-6-11-27-17-20-9-5-12-28-20)24-13-19-14-25-26(16-19)15-18-7-3-2-4-8-18;/h2-5,7-9,12,14,16H,6,10-11,13,15,17H2,1H3,(H2,22,23,24);1H. The summed E-state index contributed by atoms with van der Waals surface area (Å²) >= 11 is 0. The first kappa shape index (κ1) is 23.0. The van der Waals surface area contributed by atoms with Gasteiger partial charge in [-0.1, -0.05) is 30.3 Å². The summed E-state index contributed by atoms with van der Waals surface area (Å²) in [5.41, 5.74) is 2.34. The van der Waals surface area contributed by atoms with Gasteiger partial charge >= 0.3 is 0 Å². The van der Waals surface area contributed by atoms with Gasteiger partial charge in [-0.25, -0.2) is 0 Å². The van der Waals surface area contributed by atoms with Crippen molar-refractivity contribution in [2.24, 2.45) is 4.99 Å². The molecule has 3 aromatic rings. The van der Waals surface area contributed by atoms with E-state index in [-0.39, 0.29) is 24.0 Å². The van der Waals surface area contributed by atoms with Crippen molar-refractivity contribution in [2.45, 2.75) is 26.1 Å². The summed E-state index contributed by atoms with van der Waals surface area (Å²) in [6.07, 6.45) is 6.47. The lowest BCUT2D eigenvalue weighted by Gasteiger charge is -2.11.